The van der Waals surface area contributed by atoms with Crippen molar-refractivity contribution < 1.29 is 18.7 Å². The number of rotatable bonds is 2. The first-order valence-corrected chi connectivity index (χ1v) is 5.49. The van der Waals surface area contributed by atoms with Crippen LogP contribution >= 0.6 is 0 Å². The first-order chi connectivity index (χ1) is 7.96. The van der Waals surface area contributed by atoms with Crippen molar-refractivity contribution in [1.29, 1.82) is 0 Å². The molecule has 0 atom stereocenters. The highest BCUT2D eigenvalue weighted by Crippen LogP contribution is 2.44. The molecule has 5 heteroatoms. The fraction of sp³-hybridized carbons (Fsp3) is 0.500. The number of nitrogens with zero attached hydrogens (tertiary/aromatic N) is 1. The molecule has 0 bridgehead atoms. The second kappa shape index (κ2) is 4.05. The van der Waals surface area contributed by atoms with Crippen molar-refractivity contribution in [2.75, 3.05) is 0 Å². The summed E-state index contributed by atoms with van der Waals surface area (Å²) in [5.74, 6) is -3.81. The van der Waals surface area contributed by atoms with Gasteiger partial charge in [0.15, 0.2) is 0 Å². The highest BCUT2D eigenvalue weighted by Gasteiger charge is 2.49. The van der Waals surface area contributed by atoms with Crippen LogP contribution in [0.2, 0.25) is 0 Å². The molecule has 92 valence electrons. The van der Waals surface area contributed by atoms with Gasteiger partial charge in [-0.2, -0.15) is 0 Å². The van der Waals surface area contributed by atoms with Crippen LogP contribution in [-0.4, -0.2) is 22.0 Å². The second-order valence-corrected chi connectivity index (χ2v) is 4.46. The molecule has 0 unspecified atom stereocenters. The average molecular weight is 241 g/mol. The Kier molecular flexibility index (Phi) is 2.85. The van der Waals surface area contributed by atoms with Gasteiger partial charge in [0.2, 0.25) is 5.92 Å². The van der Waals surface area contributed by atoms with E-state index in [-0.39, 0.29) is 12.8 Å². The van der Waals surface area contributed by atoms with Gasteiger partial charge in [0.05, 0.1) is 5.69 Å². The third-order valence-electron chi connectivity index (χ3n) is 3.40. The summed E-state index contributed by atoms with van der Waals surface area (Å²) in [6.07, 6.45) is 0.581. The van der Waals surface area contributed by atoms with Crippen molar-refractivity contribution >= 4 is 5.97 Å². The number of carboxylic acid groups (broad SMARTS) is 1. The SMILES string of the molecule is O=C(O)C1(c2ccccn2)CCC(F)(F)CC1. The zero-order chi connectivity index (χ0) is 12.5. The molecule has 17 heavy (non-hydrogen) atoms. The van der Waals surface area contributed by atoms with Gasteiger partial charge in [0, 0.05) is 19.0 Å². The number of aromatic nitrogens is 1. The Hall–Kier alpha value is -1.52. The molecular formula is C12H13F2NO2. The van der Waals surface area contributed by atoms with Gasteiger partial charge in [0.25, 0.3) is 0 Å². The largest absolute Gasteiger partial charge is 0.481 e. The summed E-state index contributed by atoms with van der Waals surface area (Å²) >= 11 is 0. The third-order valence-corrected chi connectivity index (χ3v) is 3.40. The normalized spacial score (nSPS) is 22.0. The summed E-state index contributed by atoms with van der Waals surface area (Å²) in [5, 5.41) is 9.33. The number of hydrogen-bond acceptors (Lipinski definition) is 2. The van der Waals surface area contributed by atoms with Gasteiger partial charge in [-0.25, -0.2) is 8.78 Å². The lowest BCUT2D eigenvalue weighted by atomic mass is 9.70. The van der Waals surface area contributed by atoms with E-state index >= 15 is 0 Å². The highest BCUT2D eigenvalue weighted by molar-refractivity contribution is 5.80. The number of halogens is 2. The molecule has 0 saturated heterocycles. The van der Waals surface area contributed by atoms with E-state index in [1.165, 1.54) is 6.20 Å². The fourth-order valence-electron chi connectivity index (χ4n) is 2.27. The zero-order valence-corrected chi connectivity index (χ0v) is 9.20. The molecule has 0 radical (unpaired) electrons. The maximum absolute atomic E-state index is 13.1. The van der Waals surface area contributed by atoms with Crippen LogP contribution in [0.15, 0.2) is 24.4 Å². The molecule has 1 aliphatic rings. The maximum atomic E-state index is 13.1. The topological polar surface area (TPSA) is 50.2 Å². The van der Waals surface area contributed by atoms with Crippen LogP contribution in [0, 0.1) is 0 Å². The predicted octanol–water partition coefficient (Wildman–Crippen LogP) is 2.61. The molecule has 1 aliphatic carbocycles. The first kappa shape index (κ1) is 12.0. The van der Waals surface area contributed by atoms with Crippen molar-refractivity contribution in [3.63, 3.8) is 0 Å². The molecule has 1 fully saturated rings. The minimum atomic E-state index is -2.74. The predicted molar refractivity (Wildman–Crippen MR) is 57.0 cm³/mol. The number of alkyl halides is 2. The second-order valence-electron chi connectivity index (χ2n) is 4.46. The summed E-state index contributed by atoms with van der Waals surface area (Å²) in [4.78, 5) is 15.4. The molecule has 1 N–H and O–H groups in total. The molecule has 1 saturated carbocycles. The monoisotopic (exact) mass is 241 g/mol. The Labute approximate surface area is 97.5 Å². The van der Waals surface area contributed by atoms with Crippen LogP contribution in [0.4, 0.5) is 8.78 Å². The van der Waals surface area contributed by atoms with Gasteiger partial charge in [0.1, 0.15) is 5.41 Å². The molecule has 1 aromatic heterocycles. The molecule has 0 spiro atoms. The number of carbonyl (C=O) groups is 1. The van der Waals surface area contributed by atoms with Gasteiger partial charge < -0.3 is 5.11 Å². The van der Waals surface area contributed by atoms with E-state index in [0.717, 1.165) is 0 Å². The van der Waals surface area contributed by atoms with Crippen molar-refractivity contribution in [1.82, 2.24) is 4.98 Å². The number of aliphatic carboxylic acids is 1. The number of pyridine rings is 1. The van der Waals surface area contributed by atoms with E-state index in [0.29, 0.717) is 5.69 Å². The average Bonchev–Trinajstić information content (AvgIpc) is 2.30. The van der Waals surface area contributed by atoms with E-state index in [1.807, 2.05) is 0 Å². The van der Waals surface area contributed by atoms with Crippen LogP contribution in [0.5, 0.6) is 0 Å². The van der Waals surface area contributed by atoms with Gasteiger partial charge in [-0.3, -0.25) is 9.78 Å². The summed E-state index contributed by atoms with van der Waals surface area (Å²) in [7, 11) is 0. The molecule has 1 aromatic rings. The van der Waals surface area contributed by atoms with Crippen LogP contribution in [0.3, 0.4) is 0 Å². The summed E-state index contributed by atoms with van der Waals surface area (Å²) in [5.41, 5.74) is -0.869. The number of hydrogen-bond donors (Lipinski definition) is 1. The van der Waals surface area contributed by atoms with Crippen LogP contribution in [0.1, 0.15) is 31.4 Å². The van der Waals surface area contributed by atoms with E-state index in [4.69, 9.17) is 0 Å². The fourth-order valence-corrected chi connectivity index (χ4v) is 2.27. The van der Waals surface area contributed by atoms with E-state index in [1.54, 1.807) is 18.2 Å². The van der Waals surface area contributed by atoms with Gasteiger partial charge in [-0.05, 0) is 25.0 Å². The Morgan fingerprint density at radius 2 is 1.88 bits per heavy atom. The summed E-state index contributed by atoms with van der Waals surface area (Å²) in [6.45, 7) is 0. The zero-order valence-electron chi connectivity index (χ0n) is 9.20. The molecule has 2 rings (SSSR count). The summed E-state index contributed by atoms with van der Waals surface area (Å²) < 4.78 is 26.2. The lowest BCUT2D eigenvalue weighted by Gasteiger charge is -2.36. The molecule has 1 heterocycles. The van der Waals surface area contributed by atoms with E-state index in [2.05, 4.69) is 4.98 Å². The Bertz CT molecular complexity index is 410. The van der Waals surface area contributed by atoms with Gasteiger partial charge in [-0.15, -0.1) is 0 Å². The Morgan fingerprint density at radius 3 is 2.35 bits per heavy atom. The van der Waals surface area contributed by atoms with Gasteiger partial charge in [-0.1, -0.05) is 6.07 Å². The molecule has 0 aromatic carbocycles. The first-order valence-electron chi connectivity index (χ1n) is 5.49. The maximum Gasteiger partial charge on any atom is 0.315 e. The van der Waals surface area contributed by atoms with Crippen molar-refractivity contribution in [2.45, 2.75) is 37.0 Å². The van der Waals surface area contributed by atoms with Crippen molar-refractivity contribution in [3.8, 4) is 0 Å². The lowest BCUT2D eigenvalue weighted by molar-refractivity contribution is -0.149. The lowest BCUT2D eigenvalue weighted by Crippen LogP contribution is -2.43. The quantitative estimate of drug-likeness (QED) is 0.865. The summed E-state index contributed by atoms with van der Waals surface area (Å²) in [6, 6.07) is 4.95. The molecule has 0 aliphatic heterocycles. The van der Waals surface area contributed by atoms with Crippen molar-refractivity contribution in [3.05, 3.63) is 30.1 Å². The standard InChI is InChI=1S/C12H13F2NO2/c13-12(14)6-4-11(5-7-12,10(16)17)9-3-1-2-8-15-9/h1-3,8H,4-7H2,(H,16,17). The molecule has 0 amide bonds. The minimum absolute atomic E-state index is 0.0631. The highest BCUT2D eigenvalue weighted by atomic mass is 19.3. The van der Waals surface area contributed by atoms with Crippen LogP contribution < -0.4 is 0 Å². The smallest absolute Gasteiger partial charge is 0.315 e. The van der Waals surface area contributed by atoms with Crippen LogP contribution in [-0.2, 0) is 10.2 Å². The molecule has 3 nitrogen and oxygen atoms in total. The number of carboxylic acids is 1. The van der Waals surface area contributed by atoms with Crippen LogP contribution in [0.25, 0.3) is 0 Å². The van der Waals surface area contributed by atoms with Crippen molar-refractivity contribution in [2.24, 2.45) is 0 Å². The minimum Gasteiger partial charge on any atom is -0.481 e. The Morgan fingerprint density at radius 1 is 1.24 bits per heavy atom. The van der Waals surface area contributed by atoms with E-state index < -0.39 is 30.1 Å². The van der Waals surface area contributed by atoms with E-state index in [9.17, 15) is 18.7 Å². The van der Waals surface area contributed by atoms with Gasteiger partial charge >= 0.3 is 5.97 Å². The third kappa shape index (κ3) is 2.14. The Balaban J connectivity index is 2.33. The molecular weight excluding hydrogens is 228 g/mol.